The predicted octanol–water partition coefficient (Wildman–Crippen LogP) is 4.70. The molecule has 0 aliphatic carbocycles. The monoisotopic (exact) mass is 457 g/mol. The van der Waals surface area contributed by atoms with Crippen LogP contribution in [0.4, 0.5) is 5.69 Å². The van der Waals surface area contributed by atoms with Gasteiger partial charge in [-0.25, -0.2) is 0 Å². The Morgan fingerprint density at radius 1 is 1.07 bits per heavy atom. The highest BCUT2D eigenvalue weighted by atomic mass is 79.9. The number of halogens is 1. The number of rotatable bonds is 7. The van der Waals surface area contributed by atoms with E-state index >= 15 is 0 Å². The highest BCUT2D eigenvalue weighted by molar-refractivity contribution is 9.10. The van der Waals surface area contributed by atoms with Gasteiger partial charge < -0.3 is 15.5 Å². The number of benzene rings is 2. The van der Waals surface area contributed by atoms with Crippen molar-refractivity contribution in [1.29, 1.82) is 0 Å². The van der Waals surface area contributed by atoms with Crippen molar-refractivity contribution in [3.05, 3.63) is 64.1 Å². The molecule has 1 aliphatic rings. The smallest absolute Gasteiger partial charge is 0.255 e. The first-order valence-corrected chi connectivity index (χ1v) is 11.0. The number of amides is 2. The minimum atomic E-state index is -0.209. The second-order valence-electron chi connectivity index (χ2n) is 7.54. The maximum atomic E-state index is 12.5. The lowest BCUT2D eigenvalue weighted by atomic mass is 10.0. The van der Waals surface area contributed by atoms with Crippen molar-refractivity contribution in [3.8, 4) is 0 Å². The molecule has 0 spiro atoms. The van der Waals surface area contributed by atoms with Crippen LogP contribution < -0.4 is 10.6 Å². The van der Waals surface area contributed by atoms with Gasteiger partial charge in [-0.15, -0.1) is 0 Å². The van der Waals surface area contributed by atoms with E-state index in [4.69, 9.17) is 0 Å². The van der Waals surface area contributed by atoms with E-state index in [9.17, 15) is 9.59 Å². The van der Waals surface area contributed by atoms with Gasteiger partial charge in [0.15, 0.2) is 0 Å². The molecule has 1 unspecified atom stereocenters. The van der Waals surface area contributed by atoms with Gasteiger partial charge in [0.2, 0.25) is 0 Å². The number of carbonyl (C=O) groups excluding carboxylic acids is 2. The van der Waals surface area contributed by atoms with E-state index in [1.807, 2.05) is 12.1 Å². The first-order chi connectivity index (χ1) is 14.0. The summed E-state index contributed by atoms with van der Waals surface area (Å²) in [5.41, 5.74) is 1.70. The lowest BCUT2D eigenvalue weighted by Gasteiger charge is -2.33. The molecule has 6 heteroatoms. The summed E-state index contributed by atoms with van der Waals surface area (Å²) in [4.78, 5) is 27.4. The highest BCUT2D eigenvalue weighted by Crippen LogP contribution is 2.17. The Balaban J connectivity index is 1.49. The minimum Gasteiger partial charge on any atom is -0.352 e. The van der Waals surface area contributed by atoms with Crippen LogP contribution in [0, 0.1) is 0 Å². The van der Waals surface area contributed by atoms with Crippen molar-refractivity contribution in [2.75, 3.05) is 25.0 Å². The molecule has 5 nitrogen and oxygen atoms in total. The predicted molar refractivity (Wildman–Crippen MR) is 120 cm³/mol. The fourth-order valence-electron chi connectivity index (χ4n) is 3.65. The summed E-state index contributed by atoms with van der Waals surface area (Å²) in [5.74, 6) is -0.324. The fourth-order valence-corrected chi connectivity index (χ4v) is 4.05. The summed E-state index contributed by atoms with van der Waals surface area (Å²) in [6.07, 6.45) is 4.80. The molecule has 2 amide bonds. The standard InChI is InChI=1S/C23H28BrN3O2/c1-17-7-2-3-13-27(17)14-6-12-25-22(28)19-9-5-11-21(16-19)26-23(29)18-8-4-10-20(24)15-18/h4-5,8-11,15-17H,2-3,6-7,12-14H2,1H3,(H,25,28)(H,26,29). The van der Waals surface area contributed by atoms with E-state index in [1.54, 1.807) is 36.4 Å². The SMILES string of the molecule is CC1CCCCN1CCCNC(=O)c1cccc(NC(=O)c2cccc(Br)c2)c1. The van der Waals surface area contributed by atoms with Gasteiger partial charge in [-0.05, 0) is 69.1 Å². The molecule has 0 bridgehead atoms. The van der Waals surface area contributed by atoms with Crippen LogP contribution in [0.25, 0.3) is 0 Å². The zero-order valence-corrected chi connectivity index (χ0v) is 18.4. The molecule has 0 radical (unpaired) electrons. The maximum absolute atomic E-state index is 12.5. The lowest BCUT2D eigenvalue weighted by Crippen LogP contribution is -2.39. The number of nitrogens with zero attached hydrogens (tertiary/aromatic N) is 1. The summed E-state index contributed by atoms with van der Waals surface area (Å²) in [6.45, 7) is 5.11. The largest absolute Gasteiger partial charge is 0.352 e. The van der Waals surface area contributed by atoms with Crippen LogP contribution in [0.2, 0.25) is 0 Å². The Labute approximate surface area is 181 Å². The van der Waals surface area contributed by atoms with Gasteiger partial charge in [-0.1, -0.05) is 34.5 Å². The van der Waals surface area contributed by atoms with Crippen LogP contribution in [0.3, 0.4) is 0 Å². The highest BCUT2D eigenvalue weighted by Gasteiger charge is 2.17. The zero-order valence-electron chi connectivity index (χ0n) is 16.8. The molecule has 1 aliphatic heterocycles. The Bertz CT molecular complexity index is 856. The van der Waals surface area contributed by atoms with Crippen LogP contribution in [0.15, 0.2) is 53.0 Å². The molecule has 2 N–H and O–H groups in total. The molecule has 29 heavy (non-hydrogen) atoms. The Hall–Kier alpha value is -2.18. The second-order valence-corrected chi connectivity index (χ2v) is 8.45. The third-order valence-corrected chi connectivity index (χ3v) is 5.81. The quantitative estimate of drug-likeness (QED) is 0.592. The van der Waals surface area contributed by atoms with Crippen molar-refractivity contribution in [2.45, 2.75) is 38.6 Å². The molecule has 3 rings (SSSR count). The molecule has 1 atom stereocenters. The van der Waals surface area contributed by atoms with Crippen LogP contribution in [-0.4, -0.2) is 42.4 Å². The Morgan fingerprint density at radius 3 is 2.59 bits per heavy atom. The van der Waals surface area contributed by atoms with Crippen molar-refractivity contribution < 1.29 is 9.59 Å². The summed E-state index contributed by atoms with van der Waals surface area (Å²) >= 11 is 3.37. The third kappa shape index (κ3) is 6.41. The molecule has 1 fully saturated rings. The molecule has 0 saturated carbocycles. The van der Waals surface area contributed by atoms with Crippen molar-refractivity contribution in [1.82, 2.24) is 10.2 Å². The second kappa shape index (κ2) is 10.6. The molecule has 0 aromatic heterocycles. The average Bonchev–Trinajstić information content (AvgIpc) is 2.72. The summed E-state index contributed by atoms with van der Waals surface area (Å²) in [5, 5.41) is 5.84. The first-order valence-electron chi connectivity index (χ1n) is 10.2. The topological polar surface area (TPSA) is 61.4 Å². The van der Waals surface area contributed by atoms with Crippen LogP contribution in [-0.2, 0) is 0 Å². The number of likely N-dealkylation sites (tertiary alicyclic amines) is 1. The van der Waals surface area contributed by atoms with Crippen LogP contribution in [0.1, 0.15) is 53.3 Å². The summed E-state index contributed by atoms with van der Waals surface area (Å²) < 4.78 is 0.845. The summed E-state index contributed by atoms with van der Waals surface area (Å²) in [7, 11) is 0. The molecule has 1 heterocycles. The third-order valence-electron chi connectivity index (χ3n) is 5.32. The number of anilines is 1. The van der Waals surface area contributed by atoms with Crippen molar-refractivity contribution >= 4 is 33.4 Å². The first kappa shape index (κ1) is 21.5. The molecule has 154 valence electrons. The lowest BCUT2D eigenvalue weighted by molar-refractivity contribution is 0.0947. The van der Waals surface area contributed by atoms with Gasteiger partial charge in [0.25, 0.3) is 11.8 Å². The summed E-state index contributed by atoms with van der Waals surface area (Å²) in [6, 6.07) is 14.9. The average molecular weight is 458 g/mol. The zero-order chi connectivity index (χ0) is 20.6. The number of piperidine rings is 1. The van der Waals surface area contributed by atoms with Gasteiger partial charge in [-0.3, -0.25) is 9.59 Å². The molecular formula is C23H28BrN3O2. The number of nitrogens with one attached hydrogen (secondary N) is 2. The van der Waals surface area contributed by atoms with Crippen LogP contribution in [0.5, 0.6) is 0 Å². The van der Waals surface area contributed by atoms with E-state index in [0.717, 1.165) is 24.0 Å². The normalized spacial score (nSPS) is 17.0. The van der Waals surface area contributed by atoms with Gasteiger partial charge in [-0.2, -0.15) is 0 Å². The van der Waals surface area contributed by atoms with Gasteiger partial charge in [0, 0.05) is 40.4 Å². The molecule has 2 aromatic carbocycles. The van der Waals surface area contributed by atoms with E-state index in [2.05, 4.69) is 38.4 Å². The van der Waals surface area contributed by atoms with E-state index in [1.165, 1.54) is 19.3 Å². The van der Waals surface area contributed by atoms with E-state index in [-0.39, 0.29) is 11.8 Å². The Morgan fingerprint density at radius 2 is 1.83 bits per heavy atom. The number of carbonyl (C=O) groups is 2. The van der Waals surface area contributed by atoms with Crippen molar-refractivity contribution in [2.24, 2.45) is 0 Å². The van der Waals surface area contributed by atoms with Gasteiger partial charge >= 0.3 is 0 Å². The van der Waals surface area contributed by atoms with E-state index in [0.29, 0.717) is 29.4 Å². The Kier molecular flexibility index (Phi) is 7.83. The minimum absolute atomic E-state index is 0.116. The van der Waals surface area contributed by atoms with Gasteiger partial charge in [0.1, 0.15) is 0 Å². The van der Waals surface area contributed by atoms with Crippen LogP contribution >= 0.6 is 15.9 Å². The maximum Gasteiger partial charge on any atom is 0.255 e. The number of hydrogen-bond donors (Lipinski definition) is 2. The molecular weight excluding hydrogens is 430 g/mol. The molecule has 2 aromatic rings. The van der Waals surface area contributed by atoms with Crippen molar-refractivity contribution in [3.63, 3.8) is 0 Å². The number of hydrogen-bond acceptors (Lipinski definition) is 3. The van der Waals surface area contributed by atoms with Gasteiger partial charge in [0.05, 0.1) is 0 Å². The molecule has 1 saturated heterocycles. The van der Waals surface area contributed by atoms with E-state index < -0.39 is 0 Å². The fraction of sp³-hybridized carbons (Fsp3) is 0.391.